The third-order valence-electron chi connectivity index (χ3n) is 5.17. The van der Waals surface area contributed by atoms with E-state index in [4.69, 9.17) is 0 Å². The van der Waals surface area contributed by atoms with Crippen LogP contribution in [-0.2, 0) is 0 Å². The summed E-state index contributed by atoms with van der Waals surface area (Å²) in [6.45, 7) is 4.59. The maximum atomic E-state index is 12.8. The molecular weight excluding hydrogens is 406 g/mol. The molecule has 1 saturated heterocycles. The number of aryl methyl sites for hydroxylation is 1. The third-order valence-corrected chi connectivity index (χ3v) is 5.63. The zero-order valence-electron chi connectivity index (χ0n) is 15.2. The van der Waals surface area contributed by atoms with Crippen LogP contribution in [0.15, 0.2) is 47.3 Å². The van der Waals surface area contributed by atoms with Gasteiger partial charge in [-0.1, -0.05) is 0 Å². The minimum atomic E-state index is -0.0605. The Bertz CT molecular complexity index is 948. The number of aromatic nitrogens is 3. The molecule has 3 aromatic rings. The number of fused-ring (bicyclic) bond motifs is 1. The molecule has 1 aliphatic heterocycles. The first-order valence-electron chi connectivity index (χ1n) is 9.19. The number of halogens is 1. The van der Waals surface area contributed by atoms with Gasteiger partial charge in [-0.25, -0.2) is 4.98 Å². The first-order valence-corrected chi connectivity index (χ1v) is 9.98. The fourth-order valence-corrected chi connectivity index (χ4v) is 4.02. The summed E-state index contributed by atoms with van der Waals surface area (Å²) in [7, 11) is 0. The molecule has 3 aromatic heterocycles. The van der Waals surface area contributed by atoms with Gasteiger partial charge in [-0.2, -0.15) is 0 Å². The Kier molecular flexibility index (Phi) is 5.11. The average molecular weight is 428 g/mol. The molecule has 27 heavy (non-hydrogen) atoms. The van der Waals surface area contributed by atoms with Gasteiger partial charge in [0.15, 0.2) is 0 Å². The molecule has 4 heterocycles. The summed E-state index contributed by atoms with van der Waals surface area (Å²) < 4.78 is 2.77. The van der Waals surface area contributed by atoms with Crippen molar-refractivity contribution in [1.82, 2.24) is 19.7 Å². The molecule has 140 valence electrons. The van der Waals surface area contributed by atoms with Crippen molar-refractivity contribution in [1.29, 1.82) is 0 Å². The van der Waals surface area contributed by atoms with E-state index in [-0.39, 0.29) is 5.91 Å². The Morgan fingerprint density at radius 2 is 1.96 bits per heavy atom. The molecule has 0 aromatic carbocycles. The lowest BCUT2D eigenvalue weighted by Crippen LogP contribution is -2.39. The van der Waals surface area contributed by atoms with Crippen LogP contribution >= 0.6 is 15.9 Å². The second-order valence-electron chi connectivity index (χ2n) is 6.97. The summed E-state index contributed by atoms with van der Waals surface area (Å²) in [6, 6.07) is 7.93. The maximum absolute atomic E-state index is 12.8. The molecule has 4 rings (SSSR count). The fourth-order valence-electron chi connectivity index (χ4n) is 3.68. The minimum absolute atomic E-state index is 0.0605. The van der Waals surface area contributed by atoms with Gasteiger partial charge in [0.25, 0.3) is 5.91 Å². The molecule has 1 N–H and O–H groups in total. The Labute approximate surface area is 166 Å². The fraction of sp³-hybridized carbons (Fsp3) is 0.350. The van der Waals surface area contributed by atoms with Crippen LogP contribution in [0.25, 0.3) is 5.65 Å². The van der Waals surface area contributed by atoms with Crippen LogP contribution in [0.5, 0.6) is 0 Å². The Hall–Kier alpha value is -2.41. The number of nitrogens with one attached hydrogen (secondary N) is 1. The number of hydrogen-bond donors (Lipinski definition) is 1. The smallest absolute Gasteiger partial charge is 0.270 e. The largest absolute Gasteiger partial charge is 0.371 e. The first kappa shape index (κ1) is 18.0. The van der Waals surface area contributed by atoms with Gasteiger partial charge in [-0.05, 0) is 65.9 Å². The summed E-state index contributed by atoms with van der Waals surface area (Å²) in [6.07, 6.45) is 7.69. The van der Waals surface area contributed by atoms with E-state index in [1.807, 2.05) is 54.2 Å². The van der Waals surface area contributed by atoms with Crippen LogP contribution in [-0.4, -0.2) is 39.9 Å². The molecule has 0 radical (unpaired) electrons. The molecule has 0 saturated carbocycles. The van der Waals surface area contributed by atoms with Gasteiger partial charge in [0.2, 0.25) is 0 Å². The van der Waals surface area contributed by atoms with E-state index >= 15 is 0 Å². The summed E-state index contributed by atoms with van der Waals surface area (Å²) in [4.78, 5) is 23.7. The number of pyridine rings is 2. The van der Waals surface area contributed by atoms with Crippen molar-refractivity contribution < 1.29 is 4.79 Å². The normalized spacial score (nSPS) is 15.3. The maximum Gasteiger partial charge on any atom is 0.270 e. The predicted molar refractivity (Wildman–Crippen MR) is 109 cm³/mol. The highest BCUT2D eigenvalue weighted by Gasteiger charge is 2.22. The number of nitrogens with zero attached hydrogens (tertiary/aromatic N) is 4. The SMILES string of the molecule is Cc1nc2ccc(Br)cn2c1C(=O)NCC1CCN(c2ccncc2)CC1. The monoisotopic (exact) mass is 427 g/mol. The number of anilines is 1. The molecule has 0 atom stereocenters. The lowest BCUT2D eigenvalue weighted by Gasteiger charge is -2.33. The number of piperidine rings is 1. The molecular formula is C20H22BrN5O. The summed E-state index contributed by atoms with van der Waals surface area (Å²) in [5.74, 6) is 0.438. The van der Waals surface area contributed by atoms with Gasteiger partial charge >= 0.3 is 0 Å². The molecule has 1 amide bonds. The van der Waals surface area contributed by atoms with Crippen molar-refractivity contribution >= 4 is 33.2 Å². The molecule has 1 fully saturated rings. The van der Waals surface area contributed by atoms with Crippen LogP contribution < -0.4 is 10.2 Å². The van der Waals surface area contributed by atoms with E-state index in [0.29, 0.717) is 18.2 Å². The third kappa shape index (κ3) is 3.83. The zero-order chi connectivity index (χ0) is 18.8. The van der Waals surface area contributed by atoms with Gasteiger partial charge in [0, 0.05) is 48.4 Å². The Balaban J connectivity index is 1.37. The van der Waals surface area contributed by atoms with E-state index in [1.54, 1.807) is 0 Å². The number of carbonyl (C=O) groups excluding carboxylic acids is 1. The first-order chi connectivity index (χ1) is 13.1. The van der Waals surface area contributed by atoms with E-state index < -0.39 is 0 Å². The van der Waals surface area contributed by atoms with Crippen molar-refractivity contribution in [2.24, 2.45) is 5.92 Å². The van der Waals surface area contributed by atoms with E-state index in [2.05, 4.69) is 36.1 Å². The molecule has 6 nitrogen and oxygen atoms in total. The molecule has 7 heteroatoms. The molecule has 0 aliphatic carbocycles. The van der Waals surface area contributed by atoms with Gasteiger partial charge in [-0.3, -0.25) is 14.2 Å². The van der Waals surface area contributed by atoms with Crippen LogP contribution in [0.1, 0.15) is 29.0 Å². The Morgan fingerprint density at radius 1 is 1.22 bits per heavy atom. The number of amides is 1. The van der Waals surface area contributed by atoms with Crippen LogP contribution in [0.3, 0.4) is 0 Å². The lowest BCUT2D eigenvalue weighted by molar-refractivity contribution is 0.0938. The van der Waals surface area contributed by atoms with Crippen molar-refractivity contribution in [3.05, 3.63) is 58.7 Å². The van der Waals surface area contributed by atoms with E-state index in [9.17, 15) is 4.79 Å². The highest BCUT2D eigenvalue weighted by atomic mass is 79.9. The number of rotatable bonds is 4. The summed E-state index contributed by atoms with van der Waals surface area (Å²) >= 11 is 3.46. The highest BCUT2D eigenvalue weighted by Crippen LogP contribution is 2.22. The molecule has 0 spiro atoms. The molecule has 0 bridgehead atoms. The highest BCUT2D eigenvalue weighted by molar-refractivity contribution is 9.10. The molecule has 1 aliphatic rings. The van der Waals surface area contributed by atoms with Crippen LogP contribution in [0.4, 0.5) is 5.69 Å². The second kappa shape index (κ2) is 7.68. The van der Waals surface area contributed by atoms with Crippen LogP contribution in [0, 0.1) is 12.8 Å². The zero-order valence-corrected chi connectivity index (χ0v) is 16.8. The Morgan fingerprint density at radius 3 is 2.70 bits per heavy atom. The van der Waals surface area contributed by atoms with Crippen LogP contribution in [0.2, 0.25) is 0 Å². The van der Waals surface area contributed by atoms with Gasteiger partial charge in [-0.15, -0.1) is 0 Å². The van der Waals surface area contributed by atoms with E-state index in [0.717, 1.165) is 41.7 Å². The van der Waals surface area contributed by atoms with Crippen molar-refractivity contribution in [3.8, 4) is 0 Å². The number of hydrogen-bond acceptors (Lipinski definition) is 4. The number of carbonyl (C=O) groups is 1. The topological polar surface area (TPSA) is 62.5 Å². The van der Waals surface area contributed by atoms with Gasteiger partial charge < -0.3 is 10.2 Å². The van der Waals surface area contributed by atoms with Crippen molar-refractivity contribution in [2.75, 3.05) is 24.5 Å². The predicted octanol–water partition coefficient (Wildman–Crippen LogP) is 3.45. The second-order valence-corrected chi connectivity index (χ2v) is 7.88. The van der Waals surface area contributed by atoms with Gasteiger partial charge in [0.1, 0.15) is 11.3 Å². The number of imidazole rings is 1. The summed E-state index contributed by atoms with van der Waals surface area (Å²) in [5.41, 5.74) is 3.37. The molecule has 0 unspecified atom stereocenters. The lowest BCUT2D eigenvalue weighted by atomic mass is 9.96. The van der Waals surface area contributed by atoms with E-state index in [1.165, 1.54) is 5.69 Å². The minimum Gasteiger partial charge on any atom is -0.371 e. The quantitative estimate of drug-likeness (QED) is 0.692. The summed E-state index contributed by atoms with van der Waals surface area (Å²) in [5, 5.41) is 3.12. The van der Waals surface area contributed by atoms with Crippen molar-refractivity contribution in [3.63, 3.8) is 0 Å². The average Bonchev–Trinajstić information content (AvgIpc) is 3.02. The standard InChI is InChI=1S/C20H22BrN5O/c1-14-19(26-13-16(21)2-3-18(26)24-14)20(27)23-12-15-6-10-25(11-7-15)17-4-8-22-9-5-17/h2-5,8-9,13,15H,6-7,10-12H2,1H3,(H,23,27). The van der Waals surface area contributed by atoms with Gasteiger partial charge in [0.05, 0.1) is 5.69 Å². The van der Waals surface area contributed by atoms with Crippen molar-refractivity contribution in [2.45, 2.75) is 19.8 Å².